The Hall–Kier alpha value is -3.55. The van der Waals surface area contributed by atoms with Crippen molar-refractivity contribution in [3.8, 4) is 17.3 Å². The Balaban J connectivity index is 1.52. The first kappa shape index (κ1) is 14.1. The highest BCUT2D eigenvalue weighted by molar-refractivity contribution is 6.04. The summed E-state index contributed by atoms with van der Waals surface area (Å²) in [5, 5.41) is 9.08. The van der Waals surface area contributed by atoms with Gasteiger partial charge in [-0.05, 0) is 30.3 Å². The normalized spacial score (nSPS) is 12.9. The van der Waals surface area contributed by atoms with Crippen molar-refractivity contribution in [3.05, 3.63) is 48.4 Å². The molecule has 0 unspecified atom stereocenters. The van der Waals surface area contributed by atoms with E-state index >= 15 is 0 Å². The molecule has 0 spiro atoms. The Labute approximate surface area is 135 Å². The number of furan rings is 1. The third-order valence-electron chi connectivity index (χ3n) is 3.38. The summed E-state index contributed by atoms with van der Waals surface area (Å²) in [5.41, 5.74) is 1.10. The number of rotatable bonds is 3. The number of aromatic nitrogens is 1. The fourth-order valence-corrected chi connectivity index (χ4v) is 2.27. The lowest BCUT2D eigenvalue weighted by Crippen LogP contribution is -2.25. The van der Waals surface area contributed by atoms with E-state index in [0.717, 1.165) is 0 Å². The van der Waals surface area contributed by atoms with Crippen LogP contribution in [0.1, 0.15) is 10.5 Å². The number of ether oxygens (including phenoxy) is 1. The maximum atomic E-state index is 12.2. The topological polar surface area (TPSA) is 107 Å². The number of anilines is 2. The Bertz CT molecular complexity index is 914. The monoisotopic (exact) mass is 325 g/mol. The number of amides is 2. The molecular weight excluding hydrogens is 314 g/mol. The van der Waals surface area contributed by atoms with Crippen LogP contribution in [0.25, 0.3) is 11.5 Å². The predicted molar refractivity (Wildman–Crippen MR) is 82.7 cm³/mol. The van der Waals surface area contributed by atoms with E-state index in [-0.39, 0.29) is 18.2 Å². The average molecular weight is 325 g/mol. The molecule has 1 aliphatic rings. The molecule has 0 fully saturated rings. The average Bonchev–Trinajstić information content (AvgIpc) is 3.25. The lowest BCUT2D eigenvalue weighted by atomic mass is 10.2. The van der Waals surface area contributed by atoms with Crippen LogP contribution in [0.4, 0.5) is 11.4 Å². The number of benzene rings is 1. The molecule has 0 saturated carbocycles. The first-order chi connectivity index (χ1) is 11.7. The van der Waals surface area contributed by atoms with Crippen molar-refractivity contribution in [2.75, 3.05) is 17.2 Å². The number of fused-ring (bicyclic) bond motifs is 1. The van der Waals surface area contributed by atoms with Crippen molar-refractivity contribution in [1.29, 1.82) is 0 Å². The van der Waals surface area contributed by atoms with Crippen LogP contribution < -0.4 is 15.4 Å². The maximum absolute atomic E-state index is 12.2. The molecule has 24 heavy (non-hydrogen) atoms. The molecule has 0 atom stereocenters. The molecule has 2 aromatic heterocycles. The molecule has 3 aromatic rings. The first-order valence-electron chi connectivity index (χ1n) is 7.08. The van der Waals surface area contributed by atoms with E-state index in [1.165, 1.54) is 12.3 Å². The number of carbonyl (C=O) groups is 2. The number of carbonyl (C=O) groups excluding carboxylic acids is 2. The maximum Gasteiger partial charge on any atom is 0.277 e. The fourth-order valence-electron chi connectivity index (χ4n) is 2.27. The van der Waals surface area contributed by atoms with Gasteiger partial charge in [-0.2, -0.15) is 0 Å². The van der Waals surface area contributed by atoms with Crippen LogP contribution in [-0.4, -0.2) is 23.6 Å². The standard InChI is InChI=1S/C16H11N3O5/c20-15-8-23-12-4-3-9(6-10(12)18-15)17-16(21)11-7-14(24-19-11)13-2-1-5-22-13/h1-7H,8H2,(H,17,21)(H,18,20). The number of nitrogens with one attached hydrogen (secondary N) is 2. The van der Waals surface area contributed by atoms with Crippen LogP contribution in [0.3, 0.4) is 0 Å². The number of nitrogens with zero attached hydrogens (tertiary/aromatic N) is 1. The van der Waals surface area contributed by atoms with E-state index in [9.17, 15) is 9.59 Å². The van der Waals surface area contributed by atoms with E-state index in [2.05, 4.69) is 15.8 Å². The summed E-state index contributed by atoms with van der Waals surface area (Å²) in [4.78, 5) is 23.6. The molecule has 0 saturated heterocycles. The van der Waals surface area contributed by atoms with Gasteiger partial charge in [-0.1, -0.05) is 5.16 Å². The van der Waals surface area contributed by atoms with Crippen LogP contribution in [0, 0.1) is 0 Å². The van der Waals surface area contributed by atoms with Gasteiger partial charge in [0.05, 0.1) is 12.0 Å². The van der Waals surface area contributed by atoms with Crippen LogP contribution >= 0.6 is 0 Å². The molecule has 4 rings (SSSR count). The fraction of sp³-hybridized carbons (Fsp3) is 0.0625. The Morgan fingerprint density at radius 2 is 2.12 bits per heavy atom. The minimum Gasteiger partial charge on any atom is -0.482 e. The molecule has 0 radical (unpaired) electrons. The smallest absolute Gasteiger partial charge is 0.277 e. The lowest BCUT2D eigenvalue weighted by molar-refractivity contribution is -0.118. The highest BCUT2D eigenvalue weighted by Crippen LogP contribution is 2.30. The molecule has 2 N–H and O–H groups in total. The summed E-state index contributed by atoms with van der Waals surface area (Å²) in [6, 6.07) is 9.84. The van der Waals surface area contributed by atoms with Gasteiger partial charge in [-0.15, -0.1) is 0 Å². The van der Waals surface area contributed by atoms with Gasteiger partial charge < -0.3 is 24.3 Å². The van der Waals surface area contributed by atoms with E-state index in [1.807, 2.05) is 0 Å². The quantitative estimate of drug-likeness (QED) is 0.766. The Kier molecular flexibility index (Phi) is 3.27. The second-order valence-electron chi connectivity index (χ2n) is 5.06. The summed E-state index contributed by atoms with van der Waals surface area (Å²) in [6.45, 7) is -0.0206. The molecule has 3 heterocycles. The van der Waals surface area contributed by atoms with E-state index in [4.69, 9.17) is 13.7 Å². The summed E-state index contributed by atoms with van der Waals surface area (Å²) in [6.07, 6.45) is 1.50. The molecule has 1 aliphatic heterocycles. The van der Waals surface area contributed by atoms with Crippen LogP contribution in [0.2, 0.25) is 0 Å². The van der Waals surface area contributed by atoms with Gasteiger partial charge in [-0.25, -0.2) is 0 Å². The minimum absolute atomic E-state index is 0.0206. The number of hydrogen-bond donors (Lipinski definition) is 2. The SMILES string of the molecule is O=C1COc2ccc(NC(=O)c3cc(-c4ccco4)on3)cc2N1. The molecule has 2 amide bonds. The molecule has 8 nitrogen and oxygen atoms in total. The van der Waals surface area contributed by atoms with Crippen molar-refractivity contribution in [3.63, 3.8) is 0 Å². The zero-order valence-electron chi connectivity index (χ0n) is 12.2. The van der Waals surface area contributed by atoms with Crippen molar-refractivity contribution < 1.29 is 23.3 Å². The molecule has 1 aromatic carbocycles. The number of hydrogen-bond acceptors (Lipinski definition) is 6. The largest absolute Gasteiger partial charge is 0.482 e. The van der Waals surface area contributed by atoms with E-state index < -0.39 is 5.91 Å². The van der Waals surface area contributed by atoms with Gasteiger partial charge in [0.2, 0.25) is 5.76 Å². The predicted octanol–water partition coefficient (Wildman–Crippen LogP) is 2.52. The minimum atomic E-state index is -0.445. The van der Waals surface area contributed by atoms with Gasteiger partial charge in [0.15, 0.2) is 18.1 Å². The van der Waals surface area contributed by atoms with Crippen molar-refractivity contribution in [1.82, 2.24) is 5.16 Å². The molecule has 0 bridgehead atoms. The molecule has 0 aliphatic carbocycles. The van der Waals surface area contributed by atoms with Gasteiger partial charge in [0.25, 0.3) is 11.8 Å². The third-order valence-corrected chi connectivity index (χ3v) is 3.38. The third kappa shape index (κ3) is 2.60. The second-order valence-corrected chi connectivity index (χ2v) is 5.06. The van der Waals surface area contributed by atoms with Gasteiger partial charge in [0.1, 0.15) is 5.75 Å². The van der Waals surface area contributed by atoms with Gasteiger partial charge in [-0.3, -0.25) is 9.59 Å². The van der Waals surface area contributed by atoms with Gasteiger partial charge >= 0.3 is 0 Å². The van der Waals surface area contributed by atoms with Crippen LogP contribution in [-0.2, 0) is 4.79 Å². The zero-order chi connectivity index (χ0) is 16.5. The Morgan fingerprint density at radius 1 is 1.21 bits per heavy atom. The lowest BCUT2D eigenvalue weighted by Gasteiger charge is -2.18. The van der Waals surface area contributed by atoms with E-state index in [1.54, 1.807) is 30.3 Å². The first-order valence-corrected chi connectivity index (χ1v) is 7.08. The molecule has 8 heteroatoms. The van der Waals surface area contributed by atoms with E-state index in [0.29, 0.717) is 28.6 Å². The van der Waals surface area contributed by atoms with Crippen molar-refractivity contribution in [2.45, 2.75) is 0 Å². The highest BCUT2D eigenvalue weighted by Gasteiger charge is 2.18. The zero-order valence-corrected chi connectivity index (χ0v) is 12.2. The highest BCUT2D eigenvalue weighted by atomic mass is 16.5. The molecule has 120 valence electrons. The summed E-state index contributed by atoms with van der Waals surface area (Å²) in [5.74, 6) is 0.700. The summed E-state index contributed by atoms with van der Waals surface area (Å²) in [7, 11) is 0. The summed E-state index contributed by atoms with van der Waals surface area (Å²) >= 11 is 0. The summed E-state index contributed by atoms with van der Waals surface area (Å²) < 4.78 is 15.5. The molecular formula is C16H11N3O5. The van der Waals surface area contributed by atoms with Crippen LogP contribution in [0.5, 0.6) is 5.75 Å². The van der Waals surface area contributed by atoms with Crippen molar-refractivity contribution >= 4 is 23.2 Å². The van der Waals surface area contributed by atoms with Crippen molar-refractivity contribution in [2.24, 2.45) is 0 Å². The van der Waals surface area contributed by atoms with Crippen LogP contribution in [0.15, 0.2) is 51.6 Å². The second kappa shape index (κ2) is 5.58. The Morgan fingerprint density at radius 3 is 2.96 bits per heavy atom. The van der Waals surface area contributed by atoms with Gasteiger partial charge in [0, 0.05) is 11.8 Å².